The molecule has 0 aromatic heterocycles. The highest BCUT2D eigenvalue weighted by Gasteiger charge is 2.17. The van der Waals surface area contributed by atoms with Crippen LogP contribution in [0.15, 0.2) is 0 Å². The van der Waals surface area contributed by atoms with Gasteiger partial charge in [-0.05, 0) is 24.6 Å². The molecule has 1 amide bonds. The van der Waals surface area contributed by atoms with Crippen LogP contribution in [0.3, 0.4) is 0 Å². The number of thiocarbonyl (C=S) groups is 1. The highest BCUT2D eigenvalue weighted by Crippen LogP contribution is 2.02. The Labute approximate surface area is 96.2 Å². The molecule has 0 radical (unpaired) electrons. The zero-order valence-corrected chi connectivity index (χ0v) is 10.1. The van der Waals surface area contributed by atoms with Crippen molar-refractivity contribution in [3.8, 4) is 0 Å². The third kappa shape index (κ3) is 4.97. The average Bonchev–Trinajstić information content (AvgIpc) is 2.19. The maximum Gasteiger partial charge on any atom is 0.220 e. The van der Waals surface area contributed by atoms with Crippen LogP contribution in [0.5, 0.6) is 0 Å². The standard InChI is InChI=1S/C10H19N3OS/c1-7(2)5-12-10(15)13-8-3-4-9(14)11-6-8/h7-8H,3-6H2,1-2H3,(H,11,14)(H2,12,13,15). The van der Waals surface area contributed by atoms with Gasteiger partial charge in [-0.15, -0.1) is 0 Å². The number of hydrogen-bond donors (Lipinski definition) is 3. The van der Waals surface area contributed by atoms with Crippen molar-refractivity contribution < 1.29 is 4.79 Å². The molecule has 5 heteroatoms. The molecule has 0 spiro atoms. The Balaban J connectivity index is 2.17. The topological polar surface area (TPSA) is 53.2 Å². The molecule has 1 fully saturated rings. The van der Waals surface area contributed by atoms with Gasteiger partial charge in [-0.25, -0.2) is 0 Å². The quantitative estimate of drug-likeness (QED) is 0.613. The highest BCUT2D eigenvalue weighted by molar-refractivity contribution is 7.80. The number of nitrogens with one attached hydrogen (secondary N) is 3. The van der Waals surface area contributed by atoms with Crippen LogP contribution in [-0.4, -0.2) is 30.2 Å². The maximum atomic E-state index is 10.9. The first-order chi connectivity index (χ1) is 7.08. The van der Waals surface area contributed by atoms with E-state index in [4.69, 9.17) is 12.2 Å². The molecule has 1 unspecified atom stereocenters. The van der Waals surface area contributed by atoms with Crippen LogP contribution in [0.25, 0.3) is 0 Å². The SMILES string of the molecule is CC(C)CNC(=S)NC1CCC(=O)NC1. The van der Waals surface area contributed by atoms with Crippen molar-refractivity contribution in [3.63, 3.8) is 0 Å². The fraction of sp³-hybridized carbons (Fsp3) is 0.800. The fourth-order valence-electron chi connectivity index (χ4n) is 1.39. The Morgan fingerprint density at radius 1 is 1.67 bits per heavy atom. The van der Waals surface area contributed by atoms with E-state index >= 15 is 0 Å². The normalized spacial score (nSPS) is 21.0. The first-order valence-corrected chi connectivity index (χ1v) is 5.80. The molecule has 1 rings (SSSR count). The maximum absolute atomic E-state index is 10.9. The van der Waals surface area contributed by atoms with Gasteiger partial charge in [0.15, 0.2) is 5.11 Å². The molecule has 0 bridgehead atoms. The van der Waals surface area contributed by atoms with Crippen LogP contribution in [0.1, 0.15) is 26.7 Å². The van der Waals surface area contributed by atoms with Crippen LogP contribution in [0.4, 0.5) is 0 Å². The molecule has 0 saturated carbocycles. The van der Waals surface area contributed by atoms with Gasteiger partial charge >= 0.3 is 0 Å². The van der Waals surface area contributed by atoms with E-state index in [1.165, 1.54) is 0 Å². The van der Waals surface area contributed by atoms with Crippen LogP contribution in [-0.2, 0) is 4.79 Å². The Hall–Kier alpha value is -0.840. The first-order valence-electron chi connectivity index (χ1n) is 5.39. The van der Waals surface area contributed by atoms with Crippen LogP contribution in [0, 0.1) is 5.92 Å². The smallest absolute Gasteiger partial charge is 0.220 e. The molecule has 1 aliphatic rings. The Kier molecular flexibility index (Phi) is 4.81. The molecular weight excluding hydrogens is 210 g/mol. The summed E-state index contributed by atoms with van der Waals surface area (Å²) in [5.41, 5.74) is 0. The van der Waals surface area contributed by atoms with Gasteiger partial charge in [-0.3, -0.25) is 4.79 Å². The molecule has 1 saturated heterocycles. The highest BCUT2D eigenvalue weighted by atomic mass is 32.1. The van der Waals surface area contributed by atoms with Gasteiger partial charge in [-0.2, -0.15) is 0 Å². The summed E-state index contributed by atoms with van der Waals surface area (Å²) in [4.78, 5) is 10.9. The zero-order valence-electron chi connectivity index (χ0n) is 9.30. The lowest BCUT2D eigenvalue weighted by molar-refractivity contribution is -0.122. The summed E-state index contributed by atoms with van der Waals surface area (Å²) in [6.45, 7) is 5.82. The van der Waals surface area contributed by atoms with Crippen molar-refractivity contribution in [1.82, 2.24) is 16.0 Å². The lowest BCUT2D eigenvalue weighted by Gasteiger charge is -2.25. The van der Waals surface area contributed by atoms with Crippen molar-refractivity contribution in [2.75, 3.05) is 13.1 Å². The van der Waals surface area contributed by atoms with Crippen molar-refractivity contribution in [2.45, 2.75) is 32.7 Å². The molecule has 1 atom stereocenters. The molecular formula is C10H19N3OS. The van der Waals surface area contributed by atoms with E-state index in [1.807, 2.05) is 0 Å². The number of hydrogen-bond acceptors (Lipinski definition) is 2. The van der Waals surface area contributed by atoms with E-state index in [0.717, 1.165) is 13.0 Å². The summed E-state index contributed by atoms with van der Waals surface area (Å²) < 4.78 is 0. The van der Waals surface area contributed by atoms with Crippen LogP contribution < -0.4 is 16.0 Å². The van der Waals surface area contributed by atoms with Crippen molar-refractivity contribution in [3.05, 3.63) is 0 Å². The van der Waals surface area contributed by atoms with E-state index in [1.54, 1.807) is 0 Å². The van der Waals surface area contributed by atoms with Crippen LogP contribution in [0.2, 0.25) is 0 Å². The Bertz CT molecular complexity index is 233. The monoisotopic (exact) mass is 229 g/mol. The van der Waals surface area contributed by atoms with E-state index < -0.39 is 0 Å². The summed E-state index contributed by atoms with van der Waals surface area (Å²) >= 11 is 5.15. The number of carbonyl (C=O) groups is 1. The van der Waals surface area contributed by atoms with Gasteiger partial charge in [0, 0.05) is 25.6 Å². The summed E-state index contributed by atoms with van der Waals surface area (Å²) in [6.07, 6.45) is 1.44. The summed E-state index contributed by atoms with van der Waals surface area (Å²) in [7, 11) is 0. The first kappa shape index (κ1) is 12.2. The molecule has 1 heterocycles. The molecule has 3 N–H and O–H groups in total. The molecule has 1 aliphatic heterocycles. The summed E-state index contributed by atoms with van der Waals surface area (Å²) in [5.74, 6) is 0.713. The predicted octanol–water partition coefficient (Wildman–Crippen LogP) is 0.385. The lowest BCUT2D eigenvalue weighted by Crippen LogP contribution is -2.50. The zero-order chi connectivity index (χ0) is 11.3. The Morgan fingerprint density at radius 2 is 2.40 bits per heavy atom. The lowest BCUT2D eigenvalue weighted by atomic mass is 10.1. The summed E-state index contributed by atoms with van der Waals surface area (Å²) in [5, 5.41) is 9.85. The number of piperidine rings is 1. The molecule has 0 aromatic carbocycles. The van der Waals surface area contributed by atoms with E-state index in [9.17, 15) is 4.79 Å². The minimum absolute atomic E-state index is 0.133. The molecule has 86 valence electrons. The number of carbonyl (C=O) groups excluding carboxylic acids is 1. The van der Waals surface area contributed by atoms with Gasteiger partial charge in [-0.1, -0.05) is 13.8 Å². The number of amides is 1. The molecule has 0 aromatic rings. The van der Waals surface area contributed by atoms with E-state index in [-0.39, 0.29) is 11.9 Å². The fourth-order valence-corrected chi connectivity index (χ4v) is 1.64. The van der Waals surface area contributed by atoms with Gasteiger partial charge in [0.25, 0.3) is 0 Å². The second-order valence-corrected chi connectivity index (χ2v) is 4.70. The second-order valence-electron chi connectivity index (χ2n) is 4.29. The third-order valence-corrected chi connectivity index (χ3v) is 2.53. The van der Waals surface area contributed by atoms with Gasteiger partial charge in [0.05, 0.1) is 0 Å². The third-order valence-electron chi connectivity index (χ3n) is 2.27. The molecule has 0 aliphatic carbocycles. The van der Waals surface area contributed by atoms with Gasteiger partial charge < -0.3 is 16.0 Å². The van der Waals surface area contributed by atoms with Gasteiger partial charge in [0.1, 0.15) is 0 Å². The van der Waals surface area contributed by atoms with Gasteiger partial charge in [0.2, 0.25) is 5.91 Å². The molecule has 4 nitrogen and oxygen atoms in total. The Morgan fingerprint density at radius 3 is 2.93 bits per heavy atom. The largest absolute Gasteiger partial charge is 0.362 e. The minimum atomic E-state index is 0.133. The van der Waals surface area contributed by atoms with Crippen molar-refractivity contribution in [2.24, 2.45) is 5.92 Å². The second kappa shape index (κ2) is 5.90. The van der Waals surface area contributed by atoms with E-state index in [2.05, 4.69) is 29.8 Å². The van der Waals surface area contributed by atoms with Crippen molar-refractivity contribution in [1.29, 1.82) is 0 Å². The molecule has 15 heavy (non-hydrogen) atoms. The predicted molar refractivity (Wildman–Crippen MR) is 64.6 cm³/mol. The number of rotatable bonds is 3. The van der Waals surface area contributed by atoms with Crippen molar-refractivity contribution >= 4 is 23.2 Å². The average molecular weight is 229 g/mol. The summed E-state index contributed by atoms with van der Waals surface area (Å²) in [6, 6.07) is 0.273. The minimum Gasteiger partial charge on any atom is -0.362 e. The van der Waals surface area contributed by atoms with Crippen LogP contribution >= 0.6 is 12.2 Å². The van der Waals surface area contributed by atoms with E-state index in [0.29, 0.717) is 24.0 Å².